The van der Waals surface area contributed by atoms with Crippen molar-refractivity contribution in [3.8, 4) is 0 Å². The first-order valence-electron chi connectivity index (χ1n) is 6.43. The van der Waals surface area contributed by atoms with Crippen LogP contribution in [0.15, 0.2) is 0 Å². The second kappa shape index (κ2) is 2.32. The van der Waals surface area contributed by atoms with Crippen LogP contribution >= 0.6 is 0 Å². The van der Waals surface area contributed by atoms with Crippen molar-refractivity contribution in [1.29, 1.82) is 0 Å². The topological polar surface area (TPSA) is 0 Å². The van der Waals surface area contributed by atoms with Crippen molar-refractivity contribution in [3.05, 3.63) is 0 Å². The van der Waals surface area contributed by atoms with Crippen LogP contribution in [-0.4, -0.2) is 0 Å². The molecule has 4 unspecified atom stereocenters. The summed E-state index contributed by atoms with van der Waals surface area (Å²) in [7, 11) is 0. The summed E-state index contributed by atoms with van der Waals surface area (Å²) in [6, 6.07) is 0. The predicted octanol–water partition coefficient (Wildman–Crippen LogP) is 3.47. The Balaban J connectivity index is 1.75. The van der Waals surface area contributed by atoms with Crippen LogP contribution in [0.1, 0.15) is 44.9 Å². The van der Waals surface area contributed by atoms with Crippen molar-refractivity contribution in [3.63, 3.8) is 0 Å². The van der Waals surface area contributed by atoms with E-state index in [1.165, 1.54) is 35.5 Å². The van der Waals surface area contributed by atoms with Crippen molar-refractivity contribution in [2.75, 3.05) is 0 Å². The van der Waals surface area contributed by atoms with Crippen molar-refractivity contribution in [2.45, 2.75) is 44.9 Å². The van der Waals surface area contributed by atoms with E-state index in [4.69, 9.17) is 0 Å². The summed E-state index contributed by atoms with van der Waals surface area (Å²) in [6.07, 6.45) is 11.3. The van der Waals surface area contributed by atoms with Crippen LogP contribution in [0.4, 0.5) is 0 Å². The van der Waals surface area contributed by atoms with Gasteiger partial charge in [0.15, 0.2) is 0 Å². The molecule has 0 amide bonds. The van der Waals surface area contributed by atoms with Crippen molar-refractivity contribution in [1.82, 2.24) is 0 Å². The van der Waals surface area contributed by atoms with E-state index in [1.807, 2.05) is 0 Å². The maximum atomic E-state index is 1.64. The van der Waals surface area contributed by atoms with Gasteiger partial charge < -0.3 is 0 Å². The number of hydrogen-bond acceptors (Lipinski definition) is 0. The second-order valence-corrected chi connectivity index (χ2v) is 6.16. The zero-order valence-electron chi connectivity index (χ0n) is 8.41. The van der Waals surface area contributed by atoms with Crippen LogP contribution in [-0.2, 0) is 0 Å². The molecule has 0 N–H and O–H groups in total. The summed E-state index contributed by atoms with van der Waals surface area (Å²) in [5.74, 6) is 7.22. The summed E-state index contributed by atoms with van der Waals surface area (Å²) in [6.45, 7) is 0. The summed E-state index contributed by atoms with van der Waals surface area (Å²) in [5.41, 5.74) is 0. The Morgan fingerprint density at radius 3 is 1.31 bits per heavy atom. The van der Waals surface area contributed by atoms with Gasteiger partial charge in [0.1, 0.15) is 0 Å². The maximum absolute atomic E-state index is 1.64. The Bertz CT molecular complexity index is 200. The van der Waals surface area contributed by atoms with Crippen molar-refractivity contribution in [2.24, 2.45) is 35.5 Å². The van der Waals surface area contributed by atoms with Crippen molar-refractivity contribution < 1.29 is 0 Å². The zero-order valence-corrected chi connectivity index (χ0v) is 8.41. The fourth-order valence-corrected chi connectivity index (χ4v) is 5.69. The molecule has 0 heterocycles. The largest absolute Gasteiger partial charge is 0.0499 e. The molecule has 72 valence electrons. The van der Waals surface area contributed by atoms with Gasteiger partial charge in [0.05, 0.1) is 0 Å². The summed E-state index contributed by atoms with van der Waals surface area (Å²) in [4.78, 5) is 0. The highest BCUT2D eigenvalue weighted by Crippen LogP contribution is 2.64. The highest BCUT2D eigenvalue weighted by Gasteiger charge is 2.56. The first-order chi connectivity index (χ1) is 6.43. The normalized spacial score (nSPS) is 62.8. The molecule has 4 atom stereocenters. The molecule has 0 heteroatoms. The van der Waals surface area contributed by atoms with Crippen LogP contribution < -0.4 is 0 Å². The quantitative estimate of drug-likeness (QED) is 0.530. The van der Waals surface area contributed by atoms with Crippen LogP contribution in [0.5, 0.6) is 0 Å². The van der Waals surface area contributed by atoms with Gasteiger partial charge in [-0.3, -0.25) is 0 Å². The van der Waals surface area contributed by atoms with Crippen LogP contribution in [0.3, 0.4) is 0 Å². The zero-order chi connectivity index (χ0) is 8.41. The Morgan fingerprint density at radius 2 is 0.846 bits per heavy atom. The fraction of sp³-hybridized carbons (Fsp3) is 1.00. The minimum absolute atomic E-state index is 1.19. The molecule has 0 aromatic heterocycles. The first-order valence-corrected chi connectivity index (χ1v) is 6.43. The molecule has 4 bridgehead atoms. The Morgan fingerprint density at radius 1 is 0.462 bits per heavy atom. The minimum Gasteiger partial charge on any atom is -0.0499 e. The van der Waals surface area contributed by atoms with Gasteiger partial charge in [0, 0.05) is 0 Å². The van der Waals surface area contributed by atoms with Crippen LogP contribution in [0, 0.1) is 35.5 Å². The molecule has 0 aromatic rings. The van der Waals surface area contributed by atoms with Crippen LogP contribution in [0.2, 0.25) is 0 Å². The lowest BCUT2D eigenvalue weighted by atomic mass is 9.55. The van der Waals surface area contributed by atoms with E-state index in [1.54, 1.807) is 44.9 Å². The number of hydrogen-bond donors (Lipinski definition) is 0. The molecular formula is C13H20. The maximum Gasteiger partial charge on any atom is -0.0324 e. The highest BCUT2D eigenvalue weighted by atomic mass is 14.6. The third-order valence-corrected chi connectivity index (χ3v) is 5.95. The summed E-state index contributed by atoms with van der Waals surface area (Å²) >= 11 is 0. The van der Waals surface area contributed by atoms with E-state index in [0.29, 0.717) is 0 Å². The van der Waals surface area contributed by atoms with Gasteiger partial charge in [0.2, 0.25) is 0 Å². The standard InChI is InChI=1S/C13H20/c1-2-9-4-3-8(1)12-10-5-6-11(7-10)13(9)12/h8-13H,1-7H2. The molecule has 5 aliphatic carbocycles. The molecule has 0 aliphatic heterocycles. The lowest BCUT2D eigenvalue weighted by molar-refractivity contribution is -0.0120. The summed E-state index contributed by atoms with van der Waals surface area (Å²) < 4.78 is 0. The van der Waals surface area contributed by atoms with Crippen LogP contribution in [0.25, 0.3) is 0 Å². The third kappa shape index (κ3) is 0.789. The van der Waals surface area contributed by atoms with Crippen molar-refractivity contribution >= 4 is 0 Å². The molecule has 13 heavy (non-hydrogen) atoms. The van der Waals surface area contributed by atoms with E-state index in [2.05, 4.69) is 0 Å². The molecule has 0 saturated heterocycles. The van der Waals surface area contributed by atoms with Gasteiger partial charge >= 0.3 is 0 Å². The molecule has 0 radical (unpaired) electrons. The number of rotatable bonds is 0. The lowest BCUT2D eigenvalue weighted by Gasteiger charge is -2.50. The van der Waals surface area contributed by atoms with Gasteiger partial charge in [-0.2, -0.15) is 0 Å². The molecule has 0 nitrogen and oxygen atoms in total. The molecule has 5 rings (SSSR count). The summed E-state index contributed by atoms with van der Waals surface area (Å²) in [5, 5.41) is 0. The molecule has 5 fully saturated rings. The SMILES string of the molecule is C1CC2CCC1C1C3CCC(C3)C21. The van der Waals surface area contributed by atoms with Gasteiger partial charge in [-0.05, 0) is 80.5 Å². The minimum atomic E-state index is 1.19. The van der Waals surface area contributed by atoms with Gasteiger partial charge in [-0.1, -0.05) is 0 Å². The molecule has 0 spiro atoms. The van der Waals surface area contributed by atoms with Gasteiger partial charge in [0.25, 0.3) is 0 Å². The second-order valence-electron chi connectivity index (χ2n) is 6.16. The molecular weight excluding hydrogens is 156 g/mol. The highest BCUT2D eigenvalue weighted by molar-refractivity contribution is 5.05. The Hall–Kier alpha value is 0. The van der Waals surface area contributed by atoms with E-state index >= 15 is 0 Å². The number of fused-ring (bicyclic) bond motifs is 4. The van der Waals surface area contributed by atoms with Gasteiger partial charge in [-0.25, -0.2) is 0 Å². The lowest BCUT2D eigenvalue weighted by Crippen LogP contribution is -2.42. The average molecular weight is 176 g/mol. The monoisotopic (exact) mass is 176 g/mol. The Labute approximate surface area is 81.1 Å². The Kier molecular flexibility index (Phi) is 1.31. The fourth-order valence-electron chi connectivity index (χ4n) is 5.69. The molecule has 0 aromatic carbocycles. The third-order valence-electron chi connectivity index (χ3n) is 5.95. The average Bonchev–Trinajstić information content (AvgIpc) is 2.80. The van der Waals surface area contributed by atoms with E-state index < -0.39 is 0 Å². The predicted molar refractivity (Wildman–Crippen MR) is 53.3 cm³/mol. The molecule has 5 aliphatic rings. The van der Waals surface area contributed by atoms with E-state index in [-0.39, 0.29) is 0 Å². The molecule has 5 saturated carbocycles. The smallest absolute Gasteiger partial charge is 0.0324 e. The van der Waals surface area contributed by atoms with Gasteiger partial charge in [-0.15, -0.1) is 0 Å². The first kappa shape index (κ1) is 7.31. The van der Waals surface area contributed by atoms with E-state index in [0.717, 1.165) is 0 Å². The van der Waals surface area contributed by atoms with E-state index in [9.17, 15) is 0 Å².